The number of benzene rings is 1. The lowest BCUT2D eigenvalue weighted by atomic mass is 9.91. The number of anilines is 1. The van der Waals surface area contributed by atoms with Crippen molar-refractivity contribution in [3.63, 3.8) is 0 Å². The van der Waals surface area contributed by atoms with Crippen LogP contribution >= 0.6 is 0 Å². The lowest BCUT2D eigenvalue weighted by Gasteiger charge is -2.14. The van der Waals surface area contributed by atoms with E-state index in [1.165, 1.54) is 0 Å². The quantitative estimate of drug-likeness (QED) is 0.681. The number of rotatable bonds is 3. The molecule has 22 heavy (non-hydrogen) atoms. The first kappa shape index (κ1) is 15.3. The Balaban J connectivity index is 3.02. The summed E-state index contributed by atoms with van der Waals surface area (Å²) in [7, 11) is 0. The number of carbonyl (C=O) groups is 2. The van der Waals surface area contributed by atoms with Crippen LogP contribution in [0, 0.1) is 13.8 Å². The van der Waals surface area contributed by atoms with Crippen LogP contribution in [-0.4, -0.2) is 27.1 Å². The number of carboxylic acids is 2. The van der Waals surface area contributed by atoms with Gasteiger partial charge in [0.1, 0.15) is 16.9 Å². The van der Waals surface area contributed by atoms with Crippen LogP contribution in [-0.2, 0) is 0 Å². The molecule has 1 aromatic heterocycles. The van der Waals surface area contributed by atoms with Crippen molar-refractivity contribution >= 4 is 17.8 Å². The highest BCUT2D eigenvalue weighted by molar-refractivity contribution is 6.07. The minimum atomic E-state index is -1.52. The summed E-state index contributed by atoms with van der Waals surface area (Å²) in [4.78, 5) is 36.9. The van der Waals surface area contributed by atoms with Gasteiger partial charge in [0.15, 0.2) is 0 Å². The monoisotopic (exact) mass is 302 g/mol. The molecule has 2 aromatic rings. The molecular formula is C15H14N2O5. The molecule has 2 rings (SSSR count). The minimum absolute atomic E-state index is 0.182. The van der Waals surface area contributed by atoms with E-state index in [2.05, 4.69) is 4.98 Å². The SMILES string of the molecule is Cc1ccc(-c2c(C(=O)O)c(N)[nH]c(=O)c2C(=O)O)c(C)c1. The molecule has 0 saturated carbocycles. The Morgan fingerprint density at radius 2 is 1.68 bits per heavy atom. The van der Waals surface area contributed by atoms with E-state index in [1.54, 1.807) is 25.1 Å². The molecule has 0 aliphatic rings. The molecule has 7 nitrogen and oxygen atoms in total. The molecule has 0 spiro atoms. The summed E-state index contributed by atoms with van der Waals surface area (Å²) in [5.41, 5.74) is 5.31. The van der Waals surface area contributed by atoms with Gasteiger partial charge in [-0.3, -0.25) is 4.79 Å². The molecule has 7 heteroatoms. The van der Waals surface area contributed by atoms with Gasteiger partial charge in [0.05, 0.1) is 0 Å². The normalized spacial score (nSPS) is 10.5. The number of aromatic nitrogens is 1. The molecule has 114 valence electrons. The molecular weight excluding hydrogens is 288 g/mol. The first-order valence-corrected chi connectivity index (χ1v) is 6.34. The Bertz CT molecular complexity index is 852. The average molecular weight is 302 g/mol. The molecule has 0 bridgehead atoms. The maximum Gasteiger partial charge on any atom is 0.342 e. The number of H-pyrrole nitrogens is 1. The van der Waals surface area contributed by atoms with Crippen molar-refractivity contribution in [2.24, 2.45) is 0 Å². The zero-order valence-electron chi connectivity index (χ0n) is 11.9. The molecule has 0 fully saturated rings. The molecule has 5 N–H and O–H groups in total. The molecule has 0 radical (unpaired) electrons. The second kappa shape index (κ2) is 5.36. The van der Waals surface area contributed by atoms with Crippen molar-refractivity contribution in [3.05, 3.63) is 50.8 Å². The largest absolute Gasteiger partial charge is 0.478 e. The molecule has 1 aromatic carbocycles. The van der Waals surface area contributed by atoms with E-state index in [-0.39, 0.29) is 11.4 Å². The van der Waals surface area contributed by atoms with E-state index < -0.39 is 28.6 Å². The van der Waals surface area contributed by atoms with Gasteiger partial charge in [-0.15, -0.1) is 0 Å². The second-order valence-electron chi connectivity index (χ2n) is 4.92. The lowest BCUT2D eigenvalue weighted by molar-refractivity contribution is 0.0695. The molecule has 0 atom stereocenters. The van der Waals surface area contributed by atoms with Crippen LogP contribution in [0.5, 0.6) is 0 Å². The molecule has 0 aliphatic carbocycles. The number of nitrogen functional groups attached to an aromatic ring is 1. The summed E-state index contributed by atoms with van der Waals surface area (Å²) in [5, 5.41) is 18.7. The third-order valence-electron chi connectivity index (χ3n) is 3.32. The van der Waals surface area contributed by atoms with Crippen molar-refractivity contribution in [1.29, 1.82) is 0 Å². The van der Waals surface area contributed by atoms with Crippen molar-refractivity contribution in [2.45, 2.75) is 13.8 Å². The number of aromatic amines is 1. The fraction of sp³-hybridized carbons (Fsp3) is 0.133. The summed E-state index contributed by atoms with van der Waals surface area (Å²) >= 11 is 0. The zero-order valence-corrected chi connectivity index (χ0v) is 11.9. The molecule has 0 aliphatic heterocycles. The van der Waals surface area contributed by atoms with Crippen LogP contribution in [0.3, 0.4) is 0 Å². The highest BCUT2D eigenvalue weighted by atomic mass is 16.4. The van der Waals surface area contributed by atoms with Crippen molar-refractivity contribution < 1.29 is 19.8 Å². The van der Waals surface area contributed by atoms with Crippen LogP contribution in [0.15, 0.2) is 23.0 Å². The van der Waals surface area contributed by atoms with Gasteiger partial charge in [-0.25, -0.2) is 9.59 Å². The number of hydrogen-bond donors (Lipinski definition) is 4. The summed E-state index contributed by atoms with van der Waals surface area (Å²) in [6, 6.07) is 5.05. The summed E-state index contributed by atoms with van der Waals surface area (Å²) in [6.07, 6.45) is 0. The average Bonchev–Trinajstić information content (AvgIpc) is 2.36. The van der Waals surface area contributed by atoms with Gasteiger partial charge < -0.3 is 20.9 Å². The third kappa shape index (κ3) is 2.44. The number of carboxylic acid groups (broad SMARTS) is 2. The van der Waals surface area contributed by atoms with Crippen molar-refractivity contribution in [3.8, 4) is 11.1 Å². The molecule has 0 amide bonds. The number of nitrogens with two attached hydrogens (primary N) is 1. The van der Waals surface area contributed by atoms with Gasteiger partial charge in [0.2, 0.25) is 0 Å². The maximum absolute atomic E-state index is 11.9. The topological polar surface area (TPSA) is 133 Å². The first-order chi connectivity index (χ1) is 10.2. The number of nitrogens with one attached hydrogen (secondary N) is 1. The van der Waals surface area contributed by atoms with Gasteiger partial charge in [-0.2, -0.15) is 0 Å². The van der Waals surface area contributed by atoms with Gasteiger partial charge >= 0.3 is 11.9 Å². The predicted octanol–water partition coefficient (Wildman–Crippen LogP) is 1.64. The smallest absolute Gasteiger partial charge is 0.342 e. The third-order valence-corrected chi connectivity index (χ3v) is 3.32. The lowest BCUT2D eigenvalue weighted by Crippen LogP contribution is -2.24. The summed E-state index contributed by atoms with van der Waals surface area (Å²) < 4.78 is 0. The highest BCUT2D eigenvalue weighted by Crippen LogP contribution is 2.31. The second-order valence-corrected chi connectivity index (χ2v) is 4.92. The number of aromatic carboxylic acids is 2. The van der Waals surface area contributed by atoms with Crippen LogP contribution in [0.2, 0.25) is 0 Å². The minimum Gasteiger partial charge on any atom is -0.478 e. The maximum atomic E-state index is 11.9. The predicted molar refractivity (Wildman–Crippen MR) is 80.3 cm³/mol. The van der Waals surface area contributed by atoms with Gasteiger partial charge in [-0.1, -0.05) is 23.8 Å². The Morgan fingerprint density at radius 1 is 1.09 bits per heavy atom. The summed E-state index contributed by atoms with van der Waals surface area (Å²) in [5.74, 6) is -3.30. The van der Waals surface area contributed by atoms with Crippen LogP contribution in [0.25, 0.3) is 11.1 Å². The Labute approximate surface area is 125 Å². The molecule has 0 unspecified atom stereocenters. The van der Waals surface area contributed by atoms with Gasteiger partial charge in [0, 0.05) is 5.56 Å². The number of aryl methyl sites for hydroxylation is 2. The molecule has 0 saturated heterocycles. The fourth-order valence-corrected chi connectivity index (χ4v) is 2.41. The van der Waals surface area contributed by atoms with E-state index in [9.17, 15) is 24.6 Å². The summed E-state index contributed by atoms with van der Waals surface area (Å²) in [6.45, 7) is 3.55. The van der Waals surface area contributed by atoms with Gasteiger partial charge in [0.25, 0.3) is 5.56 Å². The van der Waals surface area contributed by atoms with E-state index in [0.29, 0.717) is 11.1 Å². The molecule has 1 heterocycles. The zero-order chi connectivity index (χ0) is 16.6. The van der Waals surface area contributed by atoms with Gasteiger partial charge in [-0.05, 0) is 25.0 Å². The Morgan fingerprint density at radius 3 is 2.18 bits per heavy atom. The van der Waals surface area contributed by atoms with Crippen molar-refractivity contribution in [2.75, 3.05) is 5.73 Å². The first-order valence-electron chi connectivity index (χ1n) is 6.34. The number of hydrogen-bond acceptors (Lipinski definition) is 4. The van der Waals surface area contributed by atoms with E-state index >= 15 is 0 Å². The van der Waals surface area contributed by atoms with Crippen LogP contribution in [0.1, 0.15) is 31.8 Å². The van der Waals surface area contributed by atoms with E-state index in [1.807, 2.05) is 6.92 Å². The van der Waals surface area contributed by atoms with Crippen LogP contribution in [0.4, 0.5) is 5.82 Å². The highest BCUT2D eigenvalue weighted by Gasteiger charge is 2.27. The van der Waals surface area contributed by atoms with E-state index in [4.69, 9.17) is 5.73 Å². The number of pyridine rings is 1. The Kier molecular flexibility index (Phi) is 3.73. The van der Waals surface area contributed by atoms with Crippen LogP contribution < -0.4 is 11.3 Å². The standard InChI is InChI=1S/C15H14N2O5/c1-6-3-4-8(7(2)5-6)9-10(14(19)20)12(16)17-13(18)11(9)15(21)22/h3-5H,1-2H3,(H,19,20)(H,21,22)(H3,16,17,18). The fourth-order valence-electron chi connectivity index (χ4n) is 2.41. The Hall–Kier alpha value is -3.09. The van der Waals surface area contributed by atoms with Crippen molar-refractivity contribution in [1.82, 2.24) is 4.98 Å². The van der Waals surface area contributed by atoms with E-state index in [0.717, 1.165) is 5.56 Å².